The molecule has 0 heterocycles. The molecule has 0 fully saturated rings. The summed E-state index contributed by atoms with van der Waals surface area (Å²) in [5.41, 5.74) is -1.30. The summed E-state index contributed by atoms with van der Waals surface area (Å²) in [5.74, 6) is -0.429. The van der Waals surface area contributed by atoms with Crippen molar-refractivity contribution < 1.29 is 18.7 Å². The van der Waals surface area contributed by atoms with Crippen molar-refractivity contribution in [3.05, 3.63) is 35.1 Å². The minimum Gasteiger partial charge on any atom is -0.444 e. The maximum atomic E-state index is 13.6. The number of hydrogen-bond donors (Lipinski definition) is 1. The van der Waals surface area contributed by atoms with Crippen LogP contribution in [0.1, 0.15) is 38.8 Å². The number of aldehydes is 1. The number of rotatable bonds is 3. The second-order valence-corrected chi connectivity index (χ2v) is 5.86. The number of carbonyl (C=O) groups is 2. The van der Waals surface area contributed by atoms with E-state index in [1.165, 1.54) is 19.1 Å². The molecule has 110 valence electrons. The summed E-state index contributed by atoms with van der Waals surface area (Å²) in [6, 6.07) is 4.40. The lowest BCUT2D eigenvalue weighted by Crippen LogP contribution is -2.47. The molecule has 0 spiro atoms. The molecule has 1 amide bonds. The van der Waals surface area contributed by atoms with Crippen LogP contribution in [0.25, 0.3) is 0 Å². The Morgan fingerprint density at radius 1 is 1.30 bits per heavy atom. The molecule has 1 aromatic rings. The molecule has 1 rings (SSSR count). The Kier molecular flexibility index (Phi) is 4.53. The zero-order chi connectivity index (χ0) is 15.6. The largest absolute Gasteiger partial charge is 0.444 e. The predicted octanol–water partition coefficient (Wildman–Crippen LogP) is 3.07. The highest BCUT2D eigenvalue weighted by Gasteiger charge is 2.32. The van der Waals surface area contributed by atoms with Gasteiger partial charge in [0.25, 0.3) is 0 Å². The minimum atomic E-state index is -1.34. The molecule has 0 aliphatic rings. The monoisotopic (exact) mass is 281 g/mol. The molecule has 0 radical (unpaired) electrons. The molecule has 0 saturated heterocycles. The van der Waals surface area contributed by atoms with E-state index < -0.39 is 23.1 Å². The fourth-order valence-corrected chi connectivity index (χ4v) is 1.85. The molecule has 0 aromatic heterocycles. The molecule has 20 heavy (non-hydrogen) atoms. The van der Waals surface area contributed by atoms with Crippen molar-refractivity contribution >= 4 is 12.4 Å². The van der Waals surface area contributed by atoms with Gasteiger partial charge in [-0.1, -0.05) is 12.1 Å². The Morgan fingerprint density at radius 2 is 1.90 bits per heavy atom. The normalized spacial score (nSPS) is 14.3. The standard InChI is InChI=1S/C15H20FNO3/c1-10-11(7-6-8-12(10)16)15(5,9-18)17-13(19)20-14(2,3)4/h6-9H,1-5H3,(H,17,19). The molecule has 1 unspecified atom stereocenters. The van der Waals surface area contributed by atoms with Crippen molar-refractivity contribution in [1.82, 2.24) is 5.32 Å². The number of hydrogen-bond acceptors (Lipinski definition) is 3. The topological polar surface area (TPSA) is 55.4 Å². The van der Waals surface area contributed by atoms with E-state index in [1.54, 1.807) is 33.8 Å². The zero-order valence-electron chi connectivity index (χ0n) is 12.4. The Morgan fingerprint density at radius 3 is 2.40 bits per heavy atom. The highest BCUT2D eigenvalue weighted by Crippen LogP contribution is 2.24. The molecular weight excluding hydrogens is 261 g/mol. The van der Waals surface area contributed by atoms with Crippen molar-refractivity contribution in [3.63, 3.8) is 0 Å². The minimum absolute atomic E-state index is 0.318. The third kappa shape index (κ3) is 3.79. The van der Waals surface area contributed by atoms with Crippen LogP contribution < -0.4 is 5.32 Å². The summed E-state index contributed by atoms with van der Waals surface area (Å²) in [6.45, 7) is 8.23. The van der Waals surface area contributed by atoms with Crippen molar-refractivity contribution in [1.29, 1.82) is 0 Å². The molecule has 5 heteroatoms. The Labute approximate surface area is 118 Å². The van der Waals surface area contributed by atoms with Crippen LogP contribution in [0.4, 0.5) is 9.18 Å². The van der Waals surface area contributed by atoms with Crippen molar-refractivity contribution in [2.45, 2.75) is 45.8 Å². The number of carbonyl (C=O) groups excluding carboxylic acids is 2. The van der Waals surface area contributed by atoms with E-state index >= 15 is 0 Å². The molecule has 1 aromatic carbocycles. The number of amides is 1. The second-order valence-electron chi connectivity index (χ2n) is 5.86. The van der Waals surface area contributed by atoms with E-state index in [9.17, 15) is 14.0 Å². The van der Waals surface area contributed by atoms with E-state index in [0.29, 0.717) is 17.4 Å². The Balaban J connectivity index is 3.06. The first kappa shape index (κ1) is 16.1. The zero-order valence-corrected chi connectivity index (χ0v) is 12.4. The average Bonchev–Trinajstić information content (AvgIpc) is 2.29. The SMILES string of the molecule is Cc1c(F)cccc1C(C)(C=O)NC(=O)OC(C)(C)C. The first-order valence-electron chi connectivity index (χ1n) is 6.32. The van der Waals surface area contributed by atoms with Crippen LogP contribution in [0.15, 0.2) is 18.2 Å². The second kappa shape index (κ2) is 5.61. The van der Waals surface area contributed by atoms with Gasteiger partial charge in [-0.25, -0.2) is 9.18 Å². The lowest BCUT2D eigenvalue weighted by Gasteiger charge is -2.29. The van der Waals surface area contributed by atoms with Crippen LogP contribution in [0, 0.1) is 12.7 Å². The average molecular weight is 281 g/mol. The lowest BCUT2D eigenvalue weighted by atomic mass is 9.90. The van der Waals surface area contributed by atoms with E-state index in [0.717, 1.165) is 0 Å². The number of alkyl carbamates (subject to hydrolysis) is 1. The van der Waals surface area contributed by atoms with Gasteiger partial charge in [0, 0.05) is 0 Å². The smallest absolute Gasteiger partial charge is 0.408 e. The van der Waals surface area contributed by atoms with Crippen LogP contribution in [-0.4, -0.2) is 18.0 Å². The van der Waals surface area contributed by atoms with Gasteiger partial charge in [0.2, 0.25) is 0 Å². The molecule has 1 atom stereocenters. The predicted molar refractivity (Wildman–Crippen MR) is 73.9 cm³/mol. The molecule has 1 N–H and O–H groups in total. The van der Waals surface area contributed by atoms with E-state index in [4.69, 9.17) is 4.74 Å². The fraction of sp³-hybridized carbons (Fsp3) is 0.467. The summed E-state index contributed by atoms with van der Waals surface area (Å²) < 4.78 is 18.7. The van der Waals surface area contributed by atoms with Gasteiger partial charge in [-0.15, -0.1) is 0 Å². The summed E-state index contributed by atoms with van der Waals surface area (Å²) in [5, 5.41) is 2.49. The fourth-order valence-electron chi connectivity index (χ4n) is 1.85. The molecule has 0 saturated carbocycles. The van der Waals surface area contributed by atoms with Crippen molar-refractivity contribution in [2.24, 2.45) is 0 Å². The summed E-state index contributed by atoms with van der Waals surface area (Å²) in [6.07, 6.45) is -0.158. The summed E-state index contributed by atoms with van der Waals surface area (Å²) in [4.78, 5) is 23.2. The van der Waals surface area contributed by atoms with Gasteiger partial charge in [0.15, 0.2) is 0 Å². The highest BCUT2D eigenvalue weighted by atomic mass is 19.1. The van der Waals surface area contributed by atoms with Gasteiger partial charge in [-0.3, -0.25) is 0 Å². The van der Waals surface area contributed by atoms with Crippen molar-refractivity contribution in [3.8, 4) is 0 Å². The summed E-state index contributed by atoms with van der Waals surface area (Å²) >= 11 is 0. The quantitative estimate of drug-likeness (QED) is 0.866. The van der Waals surface area contributed by atoms with Crippen LogP contribution in [0.2, 0.25) is 0 Å². The lowest BCUT2D eigenvalue weighted by molar-refractivity contribution is -0.113. The first-order valence-corrected chi connectivity index (χ1v) is 6.32. The molecule has 0 aliphatic heterocycles. The maximum absolute atomic E-state index is 13.6. The van der Waals surface area contributed by atoms with Gasteiger partial charge in [0.05, 0.1) is 0 Å². The number of ether oxygens (including phenoxy) is 1. The van der Waals surface area contributed by atoms with Crippen LogP contribution in [0.5, 0.6) is 0 Å². The summed E-state index contributed by atoms with van der Waals surface area (Å²) in [7, 11) is 0. The van der Waals surface area contributed by atoms with Gasteiger partial charge in [0.1, 0.15) is 23.2 Å². The van der Waals surface area contributed by atoms with Crippen LogP contribution in [-0.2, 0) is 15.1 Å². The van der Waals surface area contributed by atoms with Gasteiger partial charge >= 0.3 is 6.09 Å². The van der Waals surface area contributed by atoms with E-state index in [-0.39, 0.29) is 0 Å². The van der Waals surface area contributed by atoms with E-state index in [2.05, 4.69) is 5.32 Å². The molecule has 0 aliphatic carbocycles. The maximum Gasteiger partial charge on any atom is 0.408 e. The van der Waals surface area contributed by atoms with Crippen molar-refractivity contribution in [2.75, 3.05) is 0 Å². The number of benzene rings is 1. The van der Waals surface area contributed by atoms with E-state index in [1.807, 2.05) is 0 Å². The molecular formula is C15H20FNO3. The van der Waals surface area contributed by atoms with Crippen LogP contribution >= 0.6 is 0 Å². The molecule has 4 nitrogen and oxygen atoms in total. The van der Waals surface area contributed by atoms with Gasteiger partial charge in [-0.05, 0) is 51.8 Å². The Hall–Kier alpha value is -1.91. The molecule has 0 bridgehead atoms. The number of halogens is 1. The van der Waals surface area contributed by atoms with Gasteiger partial charge < -0.3 is 14.8 Å². The van der Waals surface area contributed by atoms with Gasteiger partial charge in [-0.2, -0.15) is 0 Å². The Bertz CT molecular complexity index is 522. The van der Waals surface area contributed by atoms with Crippen LogP contribution in [0.3, 0.4) is 0 Å². The number of nitrogens with one attached hydrogen (secondary N) is 1. The third-order valence-electron chi connectivity index (χ3n) is 2.82. The third-order valence-corrected chi connectivity index (χ3v) is 2.82. The highest BCUT2D eigenvalue weighted by molar-refractivity contribution is 5.78. The first-order chi connectivity index (χ1) is 9.09.